The third-order valence-electron chi connectivity index (χ3n) is 2.02. The summed E-state index contributed by atoms with van der Waals surface area (Å²) in [5, 5.41) is 0.428. The van der Waals surface area contributed by atoms with E-state index in [1.54, 1.807) is 14.0 Å². The van der Waals surface area contributed by atoms with E-state index in [0.29, 0.717) is 16.7 Å². The van der Waals surface area contributed by atoms with Crippen molar-refractivity contribution in [1.29, 1.82) is 0 Å². The molecule has 0 aliphatic heterocycles. The number of hydrogen-bond donors (Lipinski definition) is 1. The first kappa shape index (κ1) is 8.68. The van der Waals surface area contributed by atoms with Gasteiger partial charge in [0.1, 0.15) is 5.65 Å². The SMILES string of the molecule is Cc1cc(=O)c2cn(C)c(=O)nc2[nH]1. The van der Waals surface area contributed by atoms with Gasteiger partial charge in [-0.3, -0.25) is 4.79 Å². The summed E-state index contributed by atoms with van der Waals surface area (Å²) < 4.78 is 1.28. The number of hydrogen-bond acceptors (Lipinski definition) is 3. The number of pyridine rings is 1. The summed E-state index contributed by atoms with van der Waals surface area (Å²) in [7, 11) is 1.56. The Morgan fingerprint density at radius 2 is 2.14 bits per heavy atom. The second-order valence-corrected chi connectivity index (χ2v) is 3.21. The molecule has 0 aliphatic rings. The van der Waals surface area contributed by atoms with Crippen LogP contribution < -0.4 is 11.1 Å². The predicted octanol–water partition coefficient (Wildman–Crippen LogP) is -0.0698. The number of fused-ring (bicyclic) bond motifs is 1. The van der Waals surface area contributed by atoms with Gasteiger partial charge in [-0.15, -0.1) is 0 Å². The van der Waals surface area contributed by atoms with Gasteiger partial charge < -0.3 is 9.55 Å². The fourth-order valence-corrected chi connectivity index (χ4v) is 1.32. The van der Waals surface area contributed by atoms with E-state index in [1.807, 2.05) is 0 Å². The third kappa shape index (κ3) is 1.22. The Kier molecular flexibility index (Phi) is 1.73. The molecular formula is C9H9N3O2. The molecule has 0 aromatic carbocycles. The summed E-state index contributed by atoms with van der Waals surface area (Å²) in [5.74, 6) is 0. The van der Waals surface area contributed by atoms with Crippen LogP contribution in [0.4, 0.5) is 0 Å². The van der Waals surface area contributed by atoms with Crippen molar-refractivity contribution in [3.63, 3.8) is 0 Å². The highest BCUT2D eigenvalue weighted by atomic mass is 16.1. The zero-order valence-electron chi connectivity index (χ0n) is 7.87. The molecular weight excluding hydrogens is 182 g/mol. The lowest BCUT2D eigenvalue weighted by Crippen LogP contribution is -2.21. The molecule has 2 heterocycles. The molecule has 0 spiro atoms. The average molecular weight is 191 g/mol. The van der Waals surface area contributed by atoms with Gasteiger partial charge in [-0.05, 0) is 6.92 Å². The number of aromatic nitrogens is 3. The molecule has 0 radical (unpaired) electrons. The van der Waals surface area contributed by atoms with Gasteiger partial charge in [0.2, 0.25) is 0 Å². The number of H-pyrrole nitrogens is 1. The molecule has 0 atom stereocenters. The maximum atomic E-state index is 11.5. The highest BCUT2D eigenvalue weighted by molar-refractivity contribution is 5.72. The highest BCUT2D eigenvalue weighted by Crippen LogP contribution is 2.00. The standard InChI is InChI=1S/C9H9N3O2/c1-5-3-7(13)6-4-12(2)9(14)11-8(6)10-5/h3-4H,1-2H3,(H,10,11,14). The van der Waals surface area contributed by atoms with E-state index in [2.05, 4.69) is 9.97 Å². The highest BCUT2D eigenvalue weighted by Gasteiger charge is 2.03. The van der Waals surface area contributed by atoms with Crippen LogP contribution in [0.25, 0.3) is 11.0 Å². The second kappa shape index (κ2) is 2.80. The van der Waals surface area contributed by atoms with E-state index in [9.17, 15) is 9.59 Å². The van der Waals surface area contributed by atoms with Crippen molar-refractivity contribution in [2.24, 2.45) is 7.05 Å². The van der Waals surface area contributed by atoms with Crippen LogP contribution in [0, 0.1) is 6.92 Å². The summed E-state index contributed by atoms with van der Waals surface area (Å²) in [6.07, 6.45) is 1.49. The lowest BCUT2D eigenvalue weighted by molar-refractivity contribution is 0.822. The third-order valence-corrected chi connectivity index (χ3v) is 2.02. The van der Waals surface area contributed by atoms with Gasteiger partial charge in [0, 0.05) is 25.0 Å². The minimum atomic E-state index is -0.376. The smallest absolute Gasteiger partial charge is 0.343 e. The van der Waals surface area contributed by atoms with E-state index in [4.69, 9.17) is 0 Å². The first-order chi connectivity index (χ1) is 6.58. The Bertz CT molecular complexity index is 609. The maximum absolute atomic E-state index is 11.5. The molecule has 72 valence electrons. The van der Waals surface area contributed by atoms with Gasteiger partial charge in [-0.25, -0.2) is 4.79 Å². The molecule has 0 bridgehead atoms. The first-order valence-electron chi connectivity index (χ1n) is 4.15. The number of nitrogens with one attached hydrogen (secondary N) is 1. The molecule has 2 aromatic heterocycles. The van der Waals surface area contributed by atoms with Crippen molar-refractivity contribution in [2.45, 2.75) is 6.92 Å². The number of aromatic amines is 1. The van der Waals surface area contributed by atoms with Crippen molar-refractivity contribution >= 4 is 11.0 Å². The van der Waals surface area contributed by atoms with Crippen LogP contribution >= 0.6 is 0 Å². The number of rotatable bonds is 0. The lowest BCUT2D eigenvalue weighted by atomic mass is 10.3. The van der Waals surface area contributed by atoms with Crippen molar-refractivity contribution in [1.82, 2.24) is 14.5 Å². The molecule has 5 nitrogen and oxygen atoms in total. The minimum absolute atomic E-state index is 0.126. The van der Waals surface area contributed by atoms with Gasteiger partial charge >= 0.3 is 5.69 Å². The van der Waals surface area contributed by atoms with Gasteiger partial charge in [0.25, 0.3) is 0 Å². The number of nitrogens with zero attached hydrogens (tertiary/aromatic N) is 2. The van der Waals surface area contributed by atoms with Crippen molar-refractivity contribution in [2.75, 3.05) is 0 Å². The van der Waals surface area contributed by atoms with Crippen LogP contribution in [0.2, 0.25) is 0 Å². The molecule has 0 aliphatic carbocycles. The monoisotopic (exact) mass is 191 g/mol. The lowest BCUT2D eigenvalue weighted by Gasteiger charge is -2.00. The molecule has 0 fully saturated rings. The van der Waals surface area contributed by atoms with E-state index < -0.39 is 0 Å². The fraction of sp³-hybridized carbons (Fsp3) is 0.222. The van der Waals surface area contributed by atoms with Crippen LogP contribution in [0.3, 0.4) is 0 Å². The second-order valence-electron chi connectivity index (χ2n) is 3.21. The van der Waals surface area contributed by atoms with E-state index >= 15 is 0 Å². The largest absolute Gasteiger partial charge is 0.349 e. The topological polar surface area (TPSA) is 67.8 Å². The molecule has 0 saturated carbocycles. The zero-order valence-corrected chi connectivity index (χ0v) is 7.87. The Morgan fingerprint density at radius 1 is 1.43 bits per heavy atom. The molecule has 0 amide bonds. The van der Waals surface area contributed by atoms with Crippen LogP contribution in [-0.2, 0) is 7.05 Å². The Balaban J connectivity index is 3.04. The normalized spacial score (nSPS) is 10.7. The maximum Gasteiger partial charge on any atom is 0.349 e. The molecule has 0 saturated heterocycles. The van der Waals surface area contributed by atoms with E-state index in [1.165, 1.54) is 16.8 Å². The molecule has 5 heteroatoms. The zero-order chi connectivity index (χ0) is 10.3. The summed E-state index contributed by atoms with van der Waals surface area (Å²) in [4.78, 5) is 29.3. The quantitative estimate of drug-likeness (QED) is 0.633. The summed E-state index contributed by atoms with van der Waals surface area (Å²) in [6.45, 7) is 1.75. The van der Waals surface area contributed by atoms with Crippen LogP contribution in [0.15, 0.2) is 21.9 Å². The van der Waals surface area contributed by atoms with Crippen molar-refractivity contribution < 1.29 is 0 Å². The van der Waals surface area contributed by atoms with E-state index in [0.717, 1.165) is 0 Å². The van der Waals surface area contributed by atoms with Crippen LogP contribution in [0.1, 0.15) is 5.69 Å². The van der Waals surface area contributed by atoms with Crippen LogP contribution in [0.5, 0.6) is 0 Å². The van der Waals surface area contributed by atoms with Crippen LogP contribution in [-0.4, -0.2) is 14.5 Å². The summed E-state index contributed by atoms with van der Waals surface area (Å²) in [5.41, 5.74) is 0.541. The molecule has 0 unspecified atom stereocenters. The Labute approximate surface area is 79.0 Å². The van der Waals surface area contributed by atoms with Crippen molar-refractivity contribution in [3.8, 4) is 0 Å². The minimum Gasteiger partial charge on any atom is -0.343 e. The number of aryl methyl sites for hydroxylation is 2. The molecule has 1 N–H and O–H groups in total. The summed E-state index contributed by atoms with van der Waals surface area (Å²) >= 11 is 0. The van der Waals surface area contributed by atoms with E-state index in [-0.39, 0.29) is 11.1 Å². The Hall–Kier alpha value is -1.91. The first-order valence-corrected chi connectivity index (χ1v) is 4.15. The molecule has 2 rings (SSSR count). The predicted molar refractivity (Wildman–Crippen MR) is 52.3 cm³/mol. The van der Waals surface area contributed by atoms with Gasteiger partial charge in [-0.2, -0.15) is 4.98 Å². The van der Waals surface area contributed by atoms with Crippen molar-refractivity contribution in [3.05, 3.63) is 38.7 Å². The average Bonchev–Trinajstić information content (AvgIpc) is 2.08. The fourth-order valence-electron chi connectivity index (χ4n) is 1.32. The Morgan fingerprint density at radius 3 is 2.86 bits per heavy atom. The van der Waals surface area contributed by atoms with Gasteiger partial charge in [0.05, 0.1) is 5.39 Å². The van der Waals surface area contributed by atoms with Gasteiger partial charge in [-0.1, -0.05) is 0 Å². The van der Waals surface area contributed by atoms with Gasteiger partial charge in [0.15, 0.2) is 5.43 Å². The molecule has 2 aromatic rings. The molecule has 14 heavy (non-hydrogen) atoms. The summed E-state index contributed by atoms with van der Waals surface area (Å²) in [6, 6.07) is 1.48.